The number of rotatable bonds is 4. The number of aliphatic hydroxyl groups is 1. The molecule has 0 atom stereocenters. The van der Waals surface area contributed by atoms with E-state index >= 15 is 0 Å². The lowest BCUT2D eigenvalue weighted by molar-refractivity contribution is -0.139. The Morgan fingerprint density at radius 1 is 1.43 bits per heavy atom. The molecule has 0 saturated heterocycles. The number of aliphatic hydroxyl groups excluding tert-OH is 1. The molecule has 1 heterocycles. The third-order valence-electron chi connectivity index (χ3n) is 2.77. The van der Waals surface area contributed by atoms with Crippen molar-refractivity contribution in [3.63, 3.8) is 0 Å². The van der Waals surface area contributed by atoms with Gasteiger partial charge in [-0.2, -0.15) is 13.2 Å². The topological polar surface area (TPSA) is 70.9 Å². The maximum atomic E-state index is 13.1. The third-order valence-corrected chi connectivity index (χ3v) is 3.84. The van der Waals surface area contributed by atoms with Gasteiger partial charge in [0.1, 0.15) is 0 Å². The van der Waals surface area contributed by atoms with E-state index in [2.05, 4.69) is 10.2 Å². The lowest BCUT2D eigenvalue weighted by Crippen LogP contribution is -2.16. The first-order valence-corrected chi connectivity index (χ1v) is 6.82. The van der Waals surface area contributed by atoms with E-state index in [1.165, 1.54) is 16.7 Å². The Morgan fingerprint density at radius 2 is 2.14 bits per heavy atom. The summed E-state index contributed by atoms with van der Waals surface area (Å²) in [4.78, 5) is 11.3. The molecule has 0 unspecified atom stereocenters. The van der Waals surface area contributed by atoms with Gasteiger partial charge in [-0.15, -0.1) is 5.10 Å². The molecular formula is C12H12F3N3O2S. The van der Waals surface area contributed by atoms with Gasteiger partial charge in [0, 0.05) is 11.4 Å². The van der Waals surface area contributed by atoms with Crippen LogP contribution in [0.3, 0.4) is 0 Å². The summed E-state index contributed by atoms with van der Waals surface area (Å²) in [5, 5.41) is 15.0. The highest BCUT2D eigenvalue weighted by Gasteiger charge is 2.34. The van der Waals surface area contributed by atoms with Gasteiger partial charge in [0.25, 0.3) is 0 Å². The minimum Gasteiger partial charge on any atom is -0.392 e. The number of nitrogens with zero attached hydrogens (tertiary/aromatic N) is 2. The van der Waals surface area contributed by atoms with Crippen LogP contribution in [0.4, 0.5) is 13.2 Å². The molecule has 0 spiro atoms. The molecule has 0 saturated carbocycles. The number of aromatic amines is 1. The van der Waals surface area contributed by atoms with E-state index in [9.17, 15) is 18.0 Å². The molecule has 2 rings (SSSR count). The van der Waals surface area contributed by atoms with Gasteiger partial charge in [0.05, 0.1) is 12.2 Å². The molecule has 1 aromatic heterocycles. The Bertz CT molecular complexity index is 694. The molecule has 0 aliphatic heterocycles. The molecule has 2 aromatic rings. The predicted molar refractivity (Wildman–Crippen MR) is 70.0 cm³/mol. The third kappa shape index (κ3) is 3.30. The van der Waals surface area contributed by atoms with Crippen LogP contribution in [0.15, 0.2) is 33.0 Å². The summed E-state index contributed by atoms with van der Waals surface area (Å²) in [6.45, 7) is 1.52. The van der Waals surface area contributed by atoms with E-state index in [4.69, 9.17) is 5.11 Å². The molecule has 0 aliphatic carbocycles. The smallest absolute Gasteiger partial charge is 0.392 e. The Hall–Kier alpha value is -1.74. The number of hydrogen-bond donors (Lipinski definition) is 2. The Morgan fingerprint density at radius 3 is 2.71 bits per heavy atom. The molecule has 21 heavy (non-hydrogen) atoms. The van der Waals surface area contributed by atoms with Crippen molar-refractivity contribution in [3.8, 4) is 0 Å². The lowest BCUT2D eigenvalue weighted by Gasteiger charge is -2.13. The summed E-state index contributed by atoms with van der Waals surface area (Å²) < 4.78 is 40.4. The molecule has 0 radical (unpaired) electrons. The summed E-state index contributed by atoms with van der Waals surface area (Å²) in [5.74, 6) is 0. The average molecular weight is 319 g/mol. The van der Waals surface area contributed by atoms with Crippen LogP contribution >= 0.6 is 11.8 Å². The van der Waals surface area contributed by atoms with Crippen molar-refractivity contribution < 1.29 is 18.3 Å². The average Bonchev–Trinajstić information content (AvgIpc) is 2.78. The van der Waals surface area contributed by atoms with Crippen molar-refractivity contribution in [3.05, 3.63) is 39.8 Å². The van der Waals surface area contributed by atoms with Gasteiger partial charge in [-0.05, 0) is 36.4 Å². The lowest BCUT2D eigenvalue weighted by atomic mass is 10.1. The fourth-order valence-corrected chi connectivity index (χ4v) is 2.78. The van der Waals surface area contributed by atoms with Crippen molar-refractivity contribution in [2.24, 2.45) is 0 Å². The SMILES string of the molecule is CCn1c(Sc2ccc(CO)cc2C(F)(F)F)n[nH]c1=O. The van der Waals surface area contributed by atoms with E-state index in [0.29, 0.717) is 6.54 Å². The molecule has 0 fully saturated rings. The zero-order chi connectivity index (χ0) is 15.6. The number of aromatic nitrogens is 3. The fraction of sp³-hybridized carbons (Fsp3) is 0.333. The fourth-order valence-electron chi connectivity index (χ4n) is 1.74. The second-order valence-electron chi connectivity index (χ2n) is 4.14. The highest BCUT2D eigenvalue weighted by Crippen LogP contribution is 2.39. The summed E-state index contributed by atoms with van der Waals surface area (Å²) >= 11 is 0.751. The van der Waals surface area contributed by atoms with Crippen LogP contribution in [0, 0.1) is 0 Å². The molecule has 114 valence electrons. The predicted octanol–water partition coefficient (Wildman–Crippen LogP) is 2.25. The van der Waals surface area contributed by atoms with Gasteiger partial charge in [0.15, 0.2) is 5.16 Å². The number of H-pyrrole nitrogens is 1. The highest BCUT2D eigenvalue weighted by molar-refractivity contribution is 7.99. The maximum Gasteiger partial charge on any atom is 0.417 e. The van der Waals surface area contributed by atoms with Crippen LogP contribution in [0.5, 0.6) is 0 Å². The van der Waals surface area contributed by atoms with Gasteiger partial charge >= 0.3 is 11.9 Å². The Kier molecular flexibility index (Phi) is 4.43. The van der Waals surface area contributed by atoms with E-state index in [0.717, 1.165) is 17.8 Å². The Labute approximate surface area is 121 Å². The minimum atomic E-state index is -4.55. The van der Waals surface area contributed by atoms with Crippen LogP contribution < -0.4 is 5.69 Å². The molecule has 9 heteroatoms. The molecular weight excluding hydrogens is 307 g/mol. The number of alkyl halides is 3. The minimum absolute atomic E-state index is 0.0756. The van der Waals surface area contributed by atoms with Crippen molar-refractivity contribution in [2.75, 3.05) is 0 Å². The number of halogens is 3. The summed E-state index contributed by atoms with van der Waals surface area (Å²) in [6, 6.07) is 3.56. The molecule has 5 nitrogen and oxygen atoms in total. The first-order valence-electron chi connectivity index (χ1n) is 6.00. The quantitative estimate of drug-likeness (QED) is 0.907. The van der Waals surface area contributed by atoms with E-state index in [1.807, 2.05) is 0 Å². The van der Waals surface area contributed by atoms with Crippen LogP contribution in [-0.2, 0) is 19.3 Å². The van der Waals surface area contributed by atoms with E-state index < -0.39 is 24.0 Å². The summed E-state index contributed by atoms with van der Waals surface area (Å²) in [7, 11) is 0. The van der Waals surface area contributed by atoms with Gasteiger partial charge in [-0.25, -0.2) is 9.89 Å². The second-order valence-corrected chi connectivity index (χ2v) is 5.15. The van der Waals surface area contributed by atoms with Crippen molar-refractivity contribution >= 4 is 11.8 Å². The van der Waals surface area contributed by atoms with Gasteiger partial charge in [-0.1, -0.05) is 6.07 Å². The van der Waals surface area contributed by atoms with Crippen LogP contribution in [-0.4, -0.2) is 19.9 Å². The Balaban J connectivity index is 2.46. The first-order chi connectivity index (χ1) is 9.86. The number of benzene rings is 1. The number of hydrogen-bond acceptors (Lipinski definition) is 4. The molecule has 0 aliphatic rings. The normalized spacial score (nSPS) is 11.9. The standard InChI is InChI=1S/C12H12F3N3O2S/c1-2-18-10(20)16-17-11(18)21-9-4-3-7(6-19)5-8(9)12(13,14)15/h3-5,19H,2,6H2,1H3,(H,16,20). The van der Waals surface area contributed by atoms with E-state index in [1.54, 1.807) is 6.92 Å². The first kappa shape index (κ1) is 15.6. The van der Waals surface area contributed by atoms with E-state index in [-0.39, 0.29) is 15.6 Å². The highest BCUT2D eigenvalue weighted by atomic mass is 32.2. The van der Waals surface area contributed by atoms with Crippen LogP contribution in [0.25, 0.3) is 0 Å². The van der Waals surface area contributed by atoms with Crippen molar-refractivity contribution in [1.29, 1.82) is 0 Å². The number of nitrogens with one attached hydrogen (secondary N) is 1. The van der Waals surface area contributed by atoms with Crippen LogP contribution in [0.2, 0.25) is 0 Å². The van der Waals surface area contributed by atoms with Crippen molar-refractivity contribution in [2.45, 2.75) is 36.3 Å². The van der Waals surface area contributed by atoms with Crippen molar-refractivity contribution in [1.82, 2.24) is 14.8 Å². The van der Waals surface area contributed by atoms with Gasteiger partial charge < -0.3 is 5.11 Å². The maximum absolute atomic E-state index is 13.1. The molecule has 0 amide bonds. The zero-order valence-electron chi connectivity index (χ0n) is 10.9. The summed E-state index contributed by atoms with van der Waals surface area (Å²) in [6.07, 6.45) is -4.55. The zero-order valence-corrected chi connectivity index (χ0v) is 11.8. The molecule has 2 N–H and O–H groups in total. The van der Waals surface area contributed by atoms with Crippen LogP contribution in [0.1, 0.15) is 18.1 Å². The molecule has 1 aromatic carbocycles. The van der Waals surface area contributed by atoms with Gasteiger partial charge in [-0.3, -0.25) is 4.57 Å². The largest absolute Gasteiger partial charge is 0.417 e. The van der Waals surface area contributed by atoms with Gasteiger partial charge in [0.2, 0.25) is 0 Å². The monoisotopic (exact) mass is 319 g/mol. The molecule has 0 bridgehead atoms. The summed E-state index contributed by atoms with van der Waals surface area (Å²) in [5.41, 5.74) is -1.17. The second kappa shape index (κ2) is 5.94.